The Bertz CT molecular complexity index is 358. The molecule has 0 radical (unpaired) electrons. The summed E-state index contributed by atoms with van der Waals surface area (Å²) in [6.07, 6.45) is 0.681. The lowest BCUT2D eigenvalue weighted by molar-refractivity contribution is 0.223. The molecule has 0 aliphatic carbocycles. The molecule has 7 nitrogen and oxygen atoms in total. The minimum atomic E-state index is -3.34. The Hall–Kier alpha value is 0.588. The molecule has 1 atom stereocenters. The van der Waals surface area contributed by atoms with Gasteiger partial charge in [0.2, 0.25) is 0 Å². The van der Waals surface area contributed by atoms with Crippen LogP contribution in [0, 0.1) is 0 Å². The van der Waals surface area contributed by atoms with Gasteiger partial charge in [0.15, 0.2) is 0 Å². The van der Waals surface area contributed by atoms with Gasteiger partial charge in [-0.2, -0.15) is 0 Å². The molecule has 0 bridgehead atoms. The van der Waals surface area contributed by atoms with Gasteiger partial charge in [-0.15, -0.1) is 0 Å². The summed E-state index contributed by atoms with van der Waals surface area (Å²) in [5.74, 6) is 0. The van der Waals surface area contributed by atoms with Crippen LogP contribution < -0.4 is 21.9 Å². The highest BCUT2D eigenvalue weighted by atomic mass is 28.5. The van der Waals surface area contributed by atoms with Crippen molar-refractivity contribution < 1.29 is 12.3 Å². The highest BCUT2D eigenvalue weighted by Crippen LogP contribution is 2.31. The molecule has 0 aliphatic heterocycles. The molecule has 0 heterocycles. The lowest BCUT2D eigenvalue weighted by atomic mass is 10.5. The van der Waals surface area contributed by atoms with E-state index >= 15 is 0 Å². The second-order valence-corrected chi connectivity index (χ2v) is 22.3. The summed E-state index contributed by atoms with van der Waals surface area (Å²) in [6, 6.07) is 4.64. The van der Waals surface area contributed by atoms with Crippen LogP contribution in [0.5, 0.6) is 0 Å². The third-order valence-corrected chi connectivity index (χ3v) is 22.3. The molecule has 0 aromatic heterocycles. The van der Waals surface area contributed by atoms with E-state index in [0.29, 0.717) is 6.42 Å². The zero-order valence-electron chi connectivity index (χ0n) is 18.1. The van der Waals surface area contributed by atoms with E-state index in [4.69, 9.17) is 34.3 Å². The maximum absolute atomic E-state index is 6.67. The van der Waals surface area contributed by atoms with Crippen LogP contribution in [0.25, 0.3) is 0 Å². The average Bonchev–Trinajstić information content (AvgIpc) is 2.66. The monoisotopic (exact) mass is 440 g/mol. The van der Waals surface area contributed by atoms with E-state index in [2.05, 4.69) is 41.5 Å². The quantitative estimate of drug-likeness (QED) is 0.305. The first kappa shape index (κ1) is 26.6. The van der Waals surface area contributed by atoms with E-state index in [9.17, 15) is 0 Å². The van der Waals surface area contributed by atoms with Crippen molar-refractivity contribution in [3.63, 3.8) is 0 Å². The Kier molecular flexibility index (Phi) is 11.2. The largest absolute Gasteiger partial charge is 0.489 e. The van der Waals surface area contributed by atoms with Gasteiger partial charge in [-0.1, -0.05) is 48.5 Å². The minimum Gasteiger partial charge on any atom is -0.402 e. The van der Waals surface area contributed by atoms with Crippen molar-refractivity contribution in [1.82, 2.24) is 0 Å². The number of nitrogens with two attached hydrogens (primary N) is 4. The molecule has 0 saturated heterocycles. The first-order valence-corrected chi connectivity index (χ1v) is 19.2. The smallest absolute Gasteiger partial charge is 0.402 e. The van der Waals surface area contributed by atoms with Crippen LogP contribution in [0.15, 0.2) is 0 Å². The molecule has 0 rings (SSSR count). The lowest BCUT2D eigenvalue weighted by Gasteiger charge is -2.47. The fraction of sp³-hybridized carbons (Fsp3) is 1.00. The molecule has 0 spiro atoms. The molecule has 0 saturated carbocycles. The second-order valence-electron chi connectivity index (χ2n) is 7.24. The third kappa shape index (κ3) is 6.88. The van der Waals surface area contributed by atoms with Crippen molar-refractivity contribution in [3.05, 3.63) is 0 Å². The van der Waals surface area contributed by atoms with E-state index in [1.54, 1.807) is 0 Å². The normalized spacial score (nSPS) is 15.3. The second kappa shape index (κ2) is 10.9. The Morgan fingerprint density at radius 2 is 0.808 bits per heavy atom. The van der Waals surface area contributed by atoms with Gasteiger partial charge >= 0.3 is 8.80 Å². The van der Waals surface area contributed by atoms with Gasteiger partial charge < -0.3 is 34.3 Å². The molecule has 0 aromatic carbocycles. The molecule has 0 aliphatic rings. The topological polar surface area (TPSA) is 132 Å². The highest BCUT2D eigenvalue weighted by molar-refractivity contribution is 6.90. The molecule has 158 valence electrons. The van der Waals surface area contributed by atoms with Gasteiger partial charge in [-0.05, 0) is 42.7 Å². The highest BCUT2D eigenvalue weighted by Gasteiger charge is 2.58. The third-order valence-electron chi connectivity index (χ3n) is 5.52. The van der Waals surface area contributed by atoms with Crippen LogP contribution in [-0.2, 0) is 12.3 Å². The van der Waals surface area contributed by atoms with Gasteiger partial charge in [-0.3, -0.25) is 0 Å². The number of hydrogen-bond donors (Lipinski definition) is 4. The van der Waals surface area contributed by atoms with E-state index in [0.717, 1.165) is 36.3 Å². The maximum Gasteiger partial charge on any atom is 0.489 e. The Labute approximate surface area is 165 Å². The molecular formula is C15H44N4O3Si4. The number of rotatable bonds is 14. The fourth-order valence-corrected chi connectivity index (χ4v) is 18.3. The summed E-state index contributed by atoms with van der Waals surface area (Å²) >= 11 is 0. The zero-order valence-corrected chi connectivity index (χ0v) is 22.1. The van der Waals surface area contributed by atoms with Crippen LogP contribution in [-0.4, -0.2) is 39.9 Å². The summed E-state index contributed by atoms with van der Waals surface area (Å²) in [6.45, 7) is 14.4. The maximum atomic E-state index is 6.67. The first-order valence-electron chi connectivity index (χ1n) is 10.2. The predicted octanol–water partition coefficient (Wildman–Crippen LogP) is 2.57. The lowest BCUT2D eigenvalue weighted by Crippen LogP contribution is -2.75. The molecule has 0 fully saturated rings. The molecule has 26 heavy (non-hydrogen) atoms. The SMILES string of the molecule is CCC(N)[Si](O[Si](N)(CC)CC)(O[Si](N)(CC)CC)O[Si](N)(CC)CC. The van der Waals surface area contributed by atoms with Crippen LogP contribution in [0.1, 0.15) is 54.9 Å². The Morgan fingerprint density at radius 3 is 0.962 bits per heavy atom. The summed E-state index contributed by atoms with van der Waals surface area (Å²) in [4.78, 5) is 0. The standard InChI is InChI=1S/C15H44N4O3Si4/c1-8-15(16)26(20-23(17,9-2)10-3,21-24(18,11-4)12-5)22-25(19,13-6)14-7/h15H,8-14,16-19H2,1-7H3. The number of hydrogen-bond acceptors (Lipinski definition) is 7. The first-order chi connectivity index (χ1) is 12.0. The van der Waals surface area contributed by atoms with Crippen molar-refractivity contribution in [3.8, 4) is 0 Å². The van der Waals surface area contributed by atoms with Gasteiger partial charge in [0.1, 0.15) is 0 Å². The molecule has 11 heteroatoms. The van der Waals surface area contributed by atoms with Crippen LogP contribution in [0.2, 0.25) is 36.3 Å². The van der Waals surface area contributed by atoms with Crippen molar-refractivity contribution >= 4 is 34.2 Å². The van der Waals surface area contributed by atoms with E-state index in [1.807, 2.05) is 6.92 Å². The van der Waals surface area contributed by atoms with Crippen molar-refractivity contribution in [2.24, 2.45) is 21.9 Å². The van der Waals surface area contributed by atoms with Crippen molar-refractivity contribution in [2.45, 2.75) is 96.8 Å². The average molecular weight is 441 g/mol. The fourth-order valence-electron chi connectivity index (χ4n) is 2.57. The van der Waals surface area contributed by atoms with E-state index in [1.165, 1.54) is 0 Å². The van der Waals surface area contributed by atoms with Gasteiger partial charge in [0, 0.05) is 0 Å². The van der Waals surface area contributed by atoms with E-state index in [-0.39, 0.29) is 5.67 Å². The van der Waals surface area contributed by atoms with Crippen LogP contribution in [0.4, 0.5) is 0 Å². The van der Waals surface area contributed by atoms with Crippen molar-refractivity contribution in [2.75, 3.05) is 0 Å². The predicted molar refractivity (Wildman–Crippen MR) is 120 cm³/mol. The summed E-state index contributed by atoms with van der Waals surface area (Å²) < 4.78 is 20.0. The summed E-state index contributed by atoms with van der Waals surface area (Å²) in [5, 5.41) is 20.0. The van der Waals surface area contributed by atoms with Gasteiger partial charge in [0.25, 0.3) is 25.4 Å². The molecular weight excluding hydrogens is 397 g/mol. The summed E-state index contributed by atoms with van der Waals surface area (Å²) in [7, 11) is -10.8. The van der Waals surface area contributed by atoms with Crippen LogP contribution >= 0.6 is 0 Å². The van der Waals surface area contributed by atoms with Crippen molar-refractivity contribution in [1.29, 1.82) is 0 Å². The minimum absolute atomic E-state index is 0.363. The Balaban J connectivity index is 6.26. The molecule has 8 N–H and O–H groups in total. The van der Waals surface area contributed by atoms with Gasteiger partial charge in [0.05, 0.1) is 5.67 Å². The van der Waals surface area contributed by atoms with E-state index < -0.39 is 34.2 Å². The molecule has 1 unspecified atom stereocenters. The molecule has 0 aromatic rings. The van der Waals surface area contributed by atoms with Gasteiger partial charge in [-0.25, -0.2) is 0 Å². The summed E-state index contributed by atoms with van der Waals surface area (Å²) in [5.41, 5.74) is 6.23. The molecule has 0 amide bonds. The Morgan fingerprint density at radius 1 is 0.577 bits per heavy atom. The zero-order chi connectivity index (χ0) is 20.6. The van der Waals surface area contributed by atoms with Crippen LogP contribution in [0.3, 0.4) is 0 Å².